The number of halogens is 4. The van der Waals surface area contributed by atoms with Crippen LogP contribution in [-0.4, -0.2) is 12.5 Å². The van der Waals surface area contributed by atoms with Crippen molar-refractivity contribution >= 4 is 63.7 Å². The van der Waals surface area contributed by atoms with E-state index in [1.165, 1.54) is 0 Å². The minimum Gasteiger partial charge on any atom is -0.473 e. The molecule has 33 heavy (non-hydrogen) atoms. The zero-order valence-electron chi connectivity index (χ0n) is 20.0. The molecule has 4 atom stereocenters. The van der Waals surface area contributed by atoms with Gasteiger partial charge in [0.1, 0.15) is 24.0 Å². The zero-order valence-corrected chi connectivity index (χ0v) is 26.4. The van der Waals surface area contributed by atoms with Crippen LogP contribution in [0.4, 0.5) is 0 Å². The Balaban J connectivity index is 2.39. The van der Waals surface area contributed by atoms with Crippen LogP contribution in [-0.2, 0) is 5.41 Å². The van der Waals surface area contributed by atoms with Gasteiger partial charge in [0.15, 0.2) is 0 Å². The van der Waals surface area contributed by atoms with Crippen molar-refractivity contribution in [3.63, 3.8) is 0 Å². The predicted molar refractivity (Wildman–Crippen MR) is 152 cm³/mol. The summed E-state index contributed by atoms with van der Waals surface area (Å²) in [5, 5.41) is 0. The van der Waals surface area contributed by atoms with Crippen molar-refractivity contribution in [1.82, 2.24) is 0 Å². The van der Waals surface area contributed by atoms with Crippen molar-refractivity contribution in [3.8, 4) is 11.5 Å². The van der Waals surface area contributed by atoms with Crippen LogP contribution in [0.5, 0.6) is 11.5 Å². The molecule has 0 fully saturated rings. The van der Waals surface area contributed by atoms with Crippen molar-refractivity contribution in [2.45, 2.75) is 72.3 Å². The fourth-order valence-corrected chi connectivity index (χ4v) is 5.95. The SMILES string of the molecule is CCC(C)C(N)Oc1c(Br)cc(C(C)(C)c2cc(Br)c(OC(N)C(C)CC)c(Br)c2)cc1Br. The molecule has 0 amide bonds. The Labute approximate surface area is 232 Å². The van der Waals surface area contributed by atoms with Crippen molar-refractivity contribution in [3.05, 3.63) is 53.3 Å². The monoisotopic (exact) mass is 710 g/mol. The summed E-state index contributed by atoms with van der Waals surface area (Å²) < 4.78 is 15.6. The van der Waals surface area contributed by atoms with E-state index in [9.17, 15) is 0 Å². The van der Waals surface area contributed by atoms with Crippen LogP contribution in [0.15, 0.2) is 42.2 Å². The standard InChI is InChI=1S/C25H34Br4N2O2/c1-7-13(3)23(30)32-21-17(26)9-15(10-18(21)27)25(5,6)16-11-19(28)22(20(29)12-16)33-24(31)14(4)8-2/h9-14,23-24H,7-8,30-31H2,1-6H3. The average molecular weight is 714 g/mol. The molecule has 0 aliphatic heterocycles. The van der Waals surface area contributed by atoms with Crippen LogP contribution >= 0.6 is 63.7 Å². The molecular formula is C25H34Br4N2O2. The Morgan fingerprint density at radius 1 is 0.697 bits per heavy atom. The van der Waals surface area contributed by atoms with Gasteiger partial charge in [-0.1, -0.05) is 41.5 Å². The number of ether oxygens (including phenoxy) is 2. The van der Waals surface area contributed by atoms with Crippen molar-refractivity contribution in [2.75, 3.05) is 0 Å². The van der Waals surface area contributed by atoms with E-state index in [0.717, 1.165) is 41.9 Å². The lowest BCUT2D eigenvalue weighted by atomic mass is 9.78. The second-order valence-electron chi connectivity index (χ2n) is 9.10. The van der Waals surface area contributed by atoms with Crippen LogP contribution in [0.1, 0.15) is 65.5 Å². The second kappa shape index (κ2) is 12.2. The zero-order chi connectivity index (χ0) is 25.1. The van der Waals surface area contributed by atoms with Gasteiger partial charge in [0.25, 0.3) is 0 Å². The first-order valence-electron chi connectivity index (χ1n) is 11.2. The Hall–Kier alpha value is -0.120. The molecule has 2 rings (SSSR count). The molecule has 8 heteroatoms. The van der Waals surface area contributed by atoms with Crippen LogP contribution in [0, 0.1) is 11.8 Å². The Morgan fingerprint density at radius 3 is 1.21 bits per heavy atom. The van der Waals surface area contributed by atoms with E-state index in [4.69, 9.17) is 20.9 Å². The number of hydrogen-bond acceptors (Lipinski definition) is 4. The van der Waals surface area contributed by atoms with Crippen molar-refractivity contribution in [1.29, 1.82) is 0 Å². The largest absolute Gasteiger partial charge is 0.473 e. The molecule has 0 radical (unpaired) electrons. The Morgan fingerprint density at radius 2 is 0.970 bits per heavy atom. The van der Waals surface area contributed by atoms with E-state index in [1.54, 1.807) is 0 Å². The van der Waals surface area contributed by atoms with Gasteiger partial charge >= 0.3 is 0 Å². The summed E-state index contributed by atoms with van der Waals surface area (Å²) in [6.45, 7) is 12.8. The molecule has 0 saturated heterocycles. The molecule has 184 valence electrons. The molecule has 0 heterocycles. The summed E-state index contributed by atoms with van der Waals surface area (Å²) in [5.74, 6) is 1.94. The summed E-state index contributed by atoms with van der Waals surface area (Å²) in [6, 6.07) is 8.37. The number of nitrogens with two attached hydrogens (primary N) is 2. The molecule has 4 N–H and O–H groups in total. The molecule has 0 aliphatic rings. The molecular weight excluding hydrogens is 680 g/mol. The third-order valence-electron chi connectivity index (χ3n) is 6.36. The highest BCUT2D eigenvalue weighted by atomic mass is 79.9. The van der Waals surface area contributed by atoms with Gasteiger partial charge in [-0.25, -0.2) is 0 Å². The van der Waals surface area contributed by atoms with Crippen molar-refractivity contribution < 1.29 is 9.47 Å². The van der Waals surface area contributed by atoms with Gasteiger partial charge in [-0.15, -0.1) is 0 Å². The number of benzene rings is 2. The normalized spacial score (nSPS) is 15.6. The smallest absolute Gasteiger partial charge is 0.150 e. The predicted octanol–water partition coefficient (Wildman–Crippen LogP) is 8.48. The van der Waals surface area contributed by atoms with Gasteiger partial charge < -0.3 is 9.47 Å². The molecule has 4 nitrogen and oxygen atoms in total. The fraction of sp³-hybridized carbons (Fsp3) is 0.520. The average Bonchev–Trinajstić information content (AvgIpc) is 2.76. The molecule has 0 aliphatic carbocycles. The van der Waals surface area contributed by atoms with Crippen LogP contribution in [0.2, 0.25) is 0 Å². The maximum atomic E-state index is 6.23. The van der Waals surface area contributed by atoms with Crippen molar-refractivity contribution in [2.24, 2.45) is 23.3 Å². The van der Waals surface area contributed by atoms with E-state index >= 15 is 0 Å². The summed E-state index contributed by atoms with van der Waals surface area (Å²) in [4.78, 5) is 0. The van der Waals surface area contributed by atoms with Gasteiger partial charge in [0, 0.05) is 17.3 Å². The molecule has 0 bridgehead atoms. The maximum Gasteiger partial charge on any atom is 0.150 e. The highest BCUT2D eigenvalue weighted by Gasteiger charge is 2.28. The minimum atomic E-state index is -0.372. The Kier molecular flexibility index (Phi) is 10.8. The van der Waals surface area contributed by atoms with Crippen LogP contribution in [0.3, 0.4) is 0 Å². The molecule has 0 aromatic heterocycles. The van der Waals surface area contributed by atoms with E-state index in [1.807, 2.05) is 0 Å². The summed E-state index contributed by atoms with van der Waals surface area (Å²) >= 11 is 14.8. The lowest BCUT2D eigenvalue weighted by molar-refractivity contribution is 0.144. The quantitative estimate of drug-likeness (QED) is 0.243. The first kappa shape index (κ1) is 29.1. The minimum absolute atomic E-state index is 0.254. The third-order valence-corrected chi connectivity index (χ3v) is 8.71. The first-order valence-corrected chi connectivity index (χ1v) is 14.3. The fourth-order valence-electron chi connectivity index (χ4n) is 3.20. The van der Waals surface area contributed by atoms with Gasteiger partial charge in [-0.3, -0.25) is 11.5 Å². The topological polar surface area (TPSA) is 70.5 Å². The van der Waals surface area contributed by atoms with Gasteiger partial charge in [-0.2, -0.15) is 0 Å². The molecule has 2 aromatic carbocycles. The van der Waals surface area contributed by atoms with E-state index in [0.29, 0.717) is 11.5 Å². The maximum absolute atomic E-state index is 6.23. The lowest BCUT2D eigenvalue weighted by Gasteiger charge is -2.29. The molecule has 0 spiro atoms. The Bertz CT molecular complexity index is 846. The summed E-state index contributed by atoms with van der Waals surface area (Å²) in [5.41, 5.74) is 14.4. The number of hydrogen-bond donors (Lipinski definition) is 2. The highest BCUT2D eigenvalue weighted by molar-refractivity contribution is 9.11. The summed E-state index contributed by atoms with van der Waals surface area (Å²) in [6.07, 6.45) is 1.16. The lowest BCUT2D eigenvalue weighted by Crippen LogP contribution is -2.34. The van der Waals surface area contributed by atoms with Gasteiger partial charge in [0.2, 0.25) is 0 Å². The summed E-state index contributed by atoms with van der Waals surface area (Å²) in [7, 11) is 0. The molecule has 2 aromatic rings. The van der Waals surface area contributed by atoms with Gasteiger partial charge in [-0.05, 0) is 112 Å². The van der Waals surface area contributed by atoms with E-state index < -0.39 is 0 Å². The van der Waals surface area contributed by atoms with Gasteiger partial charge in [0.05, 0.1) is 17.9 Å². The second-order valence-corrected chi connectivity index (χ2v) is 12.5. The van der Waals surface area contributed by atoms with Crippen LogP contribution < -0.4 is 20.9 Å². The first-order chi connectivity index (χ1) is 15.3. The van der Waals surface area contributed by atoms with E-state index in [2.05, 4.69) is 130 Å². The third kappa shape index (κ3) is 6.98. The highest BCUT2D eigenvalue weighted by Crippen LogP contribution is 2.44. The van der Waals surface area contributed by atoms with E-state index in [-0.39, 0.29) is 29.7 Å². The molecule has 0 saturated carbocycles. The van der Waals surface area contributed by atoms with Crippen LogP contribution in [0.25, 0.3) is 0 Å². The molecule has 4 unspecified atom stereocenters. The number of rotatable bonds is 10.